The van der Waals surface area contributed by atoms with E-state index in [9.17, 15) is 4.79 Å². The molecule has 0 aliphatic carbocycles. The topological polar surface area (TPSA) is 30.0 Å². The average Bonchev–Trinajstić information content (AvgIpc) is 1.96. The van der Waals surface area contributed by atoms with E-state index in [4.69, 9.17) is 11.6 Å². The first kappa shape index (κ1) is 9.20. The predicted octanol–water partition coefficient (Wildman–Crippen LogP) is 2.17. The van der Waals surface area contributed by atoms with Gasteiger partial charge in [-0.1, -0.05) is 17.7 Å². The number of rotatable bonds is 2. The van der Waals surface area contributed by atoms with Crippen molar-refractivity contribution in [2.75, 3.05) is 0 Å². The van der Waals surface area contributed by atoms with Crippen LogP contribution in [0.15, 0.2) is 12.1 Å². The van der Waals surface area contributed by atoms with Gasteiger partial charge >= 0.3 is 0 Å². The number of carbonyl (C=O) groups is 1. The first-order valence-electron chi connectivity index (χ1n) is 3.71. The number of hydrogen-bond acceptors (Lipinski definition) is 2. The second-order valence-electron chi connectivity index (χ2n) is 2.79. The molecular weight excluding hydrogens is 174 g/mol. The molecule has 0 aliphatic heterocycles. The number of ketones is 1. The molecule has 3 heteroatoms. The van der Waals surface area contributed by atoms with Crippen LogP contribution in [0.4, 0.5) is 0 Å². The number of halogens is 1. The molecule has 1 heterocycles. The van der Waals surface area contributed by atoms with Gasteiger partial charge in [0.1, 0.15) is 10.9 Å². The molecule has 12 heavy (non-hydrogen) atoms. The SMILES string of the molecule is CC(=O)Cc1ccc(C)c(Cl)n1. The molecule has 0 N–H and O–H groups in total. The van der Waals surface area contributed by atoms with Crippen molar-refractivity contribution in [3.63, 3.8) is 0 Å². The third kappa shape index (κ3) is 2.31. The van der Waals surface area contributed by atoms with Crippen LogP contribution >= 0.6 is 11.6 Å². The Morgan fingerprint density at radius 1 is 1.58 bits per heavy atom. The van der Waals surface area contributed by atoms with Gasteiger partial charge in [-0.25, -0.2) is 4.98 Å². The summed E-state index contributed by atoms with van der Waals surface area (Å²) in [6.45, 7) is 3.42. The third-order valence-corrected chi connectivity index (χ3v) is 1.91. The zero-order valence-electron chi connectivity index (χ0n) is 7.10. The Morgan fingerprint density at radius 2 is 2.25 bits per heavy atom. The van der Waals surface area contributed by atoms with E-state index in [1.807, 2.05) is 19.1 Å². The minimum absolute atomic E-state index is 0.0995. The first-order chi connectivity index (χ1) is 5.59. The van der Waals surface area contributed by atoms with Gasteiger partial charge in [-0.05, 0) is 25.5 Å². The molecule has 0 unspecified atom stereocenters. The summed E-state index contributed by atoms with van der Waals surface area (Å²) < 4.78 is 0. The van der Waals surface area contributed by atoms with E-state index in [0.29, 0.717) is 11.6 Å². The highest BCUT2D eigenvalue weighted by atomic mass is 35.5. The highest BCUT2D eigenvalue weighted by Crippen LogP contribution is 2.12. The Balaban J connectivity index is 2.89. The van der Waals surface area contributed by atoms with Gasteiger partial charge < -0.3 is 0 Å². The van der Waals surface area contributed by atoms with Gasteiger partial charge in [0, 0.05) is 12.1 Å². The first-order valence-corrected chi connectivity index (χ1v) is 4.09. The van der Waals surface area contributed by atoms with E-state index in [-0.39, 0.29) is 5.78 Å². The summed E-state index contributed by atoms with van der Waals surface area (Å²) in [5.41, 5.74) is 1.67. The number of hydrogen-bond donors (Lipinski definition) is 0. The summed E-state index contributed by atoms with van der Waals surface area (Å²) in [6, 6.07) is 3.69. The zero-order chi connectivity index (χ0) is 9.14. The van der Waals surface area contributed by atoms with Crippen LogP contribution in [0.25, 0.3) is 0 Å². The van der Waals surface area contributed by atoms with Crippen LogP contribution in [0.5, 0.6) is 0 Å². The molecule has 0 saturated carbocycles. The lowest BCUT2D eigenvalue weighted by atomic mass is 10.2. The average molecular weight is 184 g/mol. The van der Waals surface area contributed by atoms with Crippen LogP contribution in [-0.2, 0) is 11.2 Å². The van der Waals surface area contributed by atoms with Crippen molar-refractivity contribution in [2.45, 2.75) is 20.3 Å². The maximum absolute atomic E-state index is 10.7. The van der Waals surface area contributed by atoms with Gasteiger partial charge in [0.05, 0.1) is 0 Å². The van der Waals surface area contributed by atoms with Crippen LogP contribution < -0.4 is 0 Å². The van der Waals surface area contributed by atoms with Crippen LogP contribution in [0.1, 0.15) is 18.2 Å². The van der Waals surface area contributed by atoms with Gasteiger partial charge in [-0.3, -0.25) is 4.79 Å². The number of aryl methyl sites for hydroxylation is 1. The summed E-state index contributed by atoms with van der Waals surface area (Å²) in [5.74, 6) is 0.0995. The third-order valence-electron chi connectivity index (χ3n) is 1.52. The molecule has 0 spiro atoms. The number of carbonyl (C=O) groups excluding carboxylic acids is 1. The fraction of sp³-hybridized carbons (Fsp3) is 0.333. The molecule has 0 bridgehead atoms. The fourth-order valence-electron chi connectivity index (χ4n) is 0.895. The van der Waals surface area contributed by atoms with Crippen molar-refractivity contribution < 1.29 is 4.79 Å². The Kier molecular flexibility index (Phi) is 2.82. The van der Waals surface area contributed by atoms with Crippen LogP contribution in [0.2, 0.25) is 5.15 Å². The van der Waals surface area contributed by atoms with Crippen molar-refractivity contribution in [3.05, 3.63) is 28.5 Å². The van der Waals surface area contributed by atoms with Crippen LogP contribution in [0.3, 0.4) is 0 Å². The van der Waals surface area contributed by atoms with Crippen molar-refractivity contribution in [1.29, 1.82) is 0 Å². The van der Waals surface area contributed by atoms with Crippen LogP contribution in [-0.4, -0.2) is 10.8 Å². The fourth-order valence-corrected chi connectivity index (χ4v) is 1.07. The predicted molar refractivity (Wildman–Crippen MR) is 48.4 cm³/mol. The van der Waals surface area contributed by atoms with E-state index in [0.717, 1.165) is 11.3 Å². The minimum atomic E-state index is 0.0995. The number of aromatic nitrogens is 1. The maximum atomic E-state index is 10.7. The lowest BCUT2D eigenvalue weighted by Gasteiger charge is -1.99. The number of pyridine rings is 1. The number of Topliss-reactive ketones (excluding diaryl/α,β-unsaturated/α-hetero) is 1. The minimum Gasteiger partial charge on any atom is -0.300 e. The van der Waals surface area contributed by atoms with E-state index in [1.54, 1.807) is 0 Å². The maximum Gasteiger partial charge on any atom is 0.135 e. The summed E-state index contributed by atoms with van der Waals surface area (Å²) in [4.78, 5) is 14.8. The normalized spacial score (nSPS) is 9.92. The van der Waals surface area contributed by atoms with Gasteiger partial charge in [0.2, 0.25) is 0 Å². The monoisotopic (exact) mass is 183 g/mol. The van der Waals surface area contributed by atoms with E-state index in [1.165, 1.54) is 6.92 Å². The molecule has 0 aromatic carbocycles. The van der Waals surface area contributed by atoms with Gasteiger partial charge in [-0.2, -0.15) is 0 Å². The zero-order valence-corrected chi connectivity index (χ0v) is 7.85. The molecule has 1 aromatic heterocycles. The molecule has 1 aromatic rings. The molecule has 64 valence electrons. The molecule has 0 saturated heterocycles. The summed E-state index contributed by atoms with van der Waals surface area (Å²) in [6.07, 6.45) is 0.361. The smallest absolute Gasteiger partial charge is 0.135 e. The van der Waals surface area contributed by atoms with E-state index < -0.39 is 0 Å². The van der Waals surface area contributed by atoms with Crippen molar-refractivity contribution >= 4 is 17.4 Å². The van der Waals surface area contributed by atoms with Gasteiger partial charge in [0.25, 0.3) is 0 Å². The van der Waals surface area contributed by atoms with Crippen LogP contribution in [0, 0.1) is 6.92 Å². The molecule has 1 rings (SSSR count). The molecule has 0 fully saturated rings. The van der Waals surface area contributed by atoms with Gasteiger partial charge in [-0.15, -0.1) is 0 Å². The van der Waals surface area contributed by atoms with Crippen molar-refractivity contribution in [1.82, 2.24) is 4.98 Å². The van der Waals surface area contributed by atoms with Crippen molar-refractivity contribution in [3.8, 4) is 0 Å². The van der Waals surface area contributed by atoms with E-state index in [2.05, 4.69) is 4.98 Å². The second-order valence-corrected chi connectivity index (χ2v) is 3.15. The Labute approximate surface area is 76.6 Å². The molecule has 2 nitrogen and oxygen atoms in total. The molecular formula is C9H10ClNO. The Morgan fingerprint density at radius 3 is 2.75 bits per heavy atom. The highest BCUT2D eigenvalue weighted by molar-refractivity contribution is 6.30. The van der Waals surface area contributed by atoms with Crippen molar-refractivity contribution in [2.24, 2.45) is 0 Å². The summed E-state index contributed by atoms with van der Waals surface area (Å²) in [5, 5.41) is 0.480. The molecule has 0 atom stereocenters. The Bertz CT molecular complexity index is 309. The summed E-state index contributed by atoms with van der Waals surface area (Å²) >= 11 is 5.77. The molecule has 0 aliphatic rings. The highest BCUT2D eigenvalue weighted by Gasteiger charge is 2.01. The largest absolute Gasteiger partial charge is 0.300 e. The van der Waals surface area contributed by atoms with Gasteiger partial charge in [0.15, 0.2) is 0 Å². The lowest BCUT2D eigenvalue weighted by Crippen LogP contribution is -1.99. The molecule has 0 radical (unpaired) electrons. The standard InChI is InChI=1S/C9H10ClNO/c1-6-3-4-8(5-7(2)12)11-9(6)10/h3-4H,5H2,1-2H3. The summed E-state index contributed by atoms with van der Waals surface area (Å²) in [7, 11) is 0. The second kappa shape index (κ2) is 3.68. The Hall–Kier alpha value is -0.890. The lowest BCUT2D eigenvalue weighted by molar-refractivity contribution is -0.116. The quantitative estimate of drug-likeness (QED) is 0.658. The van der Waals surface area contributed by atoms with E-state index >= 15 is 0 Å². The number of nitrogens with zero attached hydrogens (tertiary/aromatic N) is 1. The molecule has 0 amide bonds.